The van der Waals surface area contributed by atoms with E-state index in [1.807, 2.05) is 6.07 Å². The Morgan fingerprint density at radius 2 is 1.50 bits per heavy atom. The predicted molar refractivity (Wildman–Crippen MR) is 87.0 cm³/mol. The van der Waals surface area contributed by atoms with Gasteiger partial charge in [0.15, 0.2) is 11.6 Å². The van der Waals surface area contributed by atoms with Crippen LogP contribution in [0.15, 0.2) is 35.2 Å². The summed E-state index contributed by atoms with van der Waals surface area (Å²) in [6.45, 7) is 6.77. The number of sulfonamides is 1. The van der Waals surface area contributed by atoms with Gasteiger partial charge in [-0.3, -0.25) is 4.31 Å². The topological polar surface area (TPSA) is 37.4 Å². The largest absolute Gasteiger partial charge is 0.267 e. The van der Waals surface area contributed by atoms with Crippen LogP contribution in [0.1, 0.15) is 25.0 Å². The van der Waals surface area contributed by atoms with Gasteiger partial charge in [-0.25, -0.2) is 21.6 Å². The Hall–Kier alpha value is -2.02. The summed E-state index contributed by atoms with van der Waals surface area (Å²) in [5.41, 5.74) is 1.86. The van der Waals surface area contributed by atoms with Crippen molar-refractivity contribution in [2.75, 3.05) is 4.31 Å². The smallest absolute Gasteiger partial charge is 0.263 e. The number of rotatable bonds is 4. The molecule has 2 aromatic rings. The Balaban J connectivity index is 2.72. The summed E-state index contributed by atoms with van der Waals surface area (Å²) in [6, 6.07) is 5.29. The highest BCUT2D eigenvalue weighted by molar-refractivity contribution is 7.92. The summed E-state index contributed by atoms with van der Waals surface area (Å²) in [4.78, 5) is -0.893. The third-order valence-corrected chi connectivity index (χ3v) is 5.59. The minimum atomic E-state index is -4.41. The van der Waals surface area contributed by atoms with E-state index >= 15 is 0 Å². The first kappa shape index (κ1) is 18.3. The van der Waals surface area contributed by atoms with Crippen LogP contribution in [-0.2, 0) is 10.0 Å². The van der Waals surface area contributed by atoms with E-state index < -0.39 is 38.4 Å². The molecule has 0 heterocycles. The molecule has 0 radical (unpaired) electrons. The third kappa shape index (κ3) is 3.26. The summed E-state index contributed by atoms with van der Waals surface area (Å²) in [7, 11) is -4.41. The second-order valence-corrected chi connectivity index (χ2v) is 7.66. The third-order valence-electron chi connectivity index (χ3n) is 3.58. The number of nitrogens with zero attached hydrogens (tertiary/aromatic N) is 1. The highest BCUT2D eigenvalue weighted by atomic mass is 32.2. The summed E-state index contributed by atoms with van der Waals surface area (Å²) in [6.07, 6.45) is 0. The molecule has 0 saturated heterocycles. The van der Waals surface area contributed by atoms with Crippen molar-refractivity contribution in [3.8, 4) is 0 Å². The Kier molecular flexibility index (Phi) is 4.94. The Labute approximate surface area is 139 Å². The quantitative estimate of drug-likeness (QED) is 0.764. The summed E-state index contributed by atoms with van der Waals surface area (Å²) >= 11 is 0. The molecule has 130 valence electrons. The molecule has 2 rings (SSSR count). The molecular weight excluding hydrogens is 339 g/mol. The summed E-state index contributed by atoms with van der Waals surface area (Å²) in [5, 5.41) is 0. The Morgan fingerprint density at radius 1 is 0.917 bits per heavy atom. The van der Waals surface area contributed by atoms with Crippen molar-refractivity contribution in [2.24, 2.45) is 0 Å². The molecule has 0 N–H and O–H groups in total. The van der Waals surface area contributed by atoms with Gasteiger partial charge in [-0.2, -0.15) is 0 Å². The van der Waals surface area contributed by atoms with Crippen molar-refractivity contribution < 1.29 is 21.6 Å². The lowest BCUT2D eigenvalue weighted by molar-refractivity contribution is 0.481. The van der Waals surface area contributed by atoms with Gasteiger partial charge in [0.05, 0.1) is 5.69 Å². The van der Waals surface area contributed by atoms with E-state index in [2.05, 4.69) is 0 Å². The minimum absolute atomic E-state index is 0.240. The van der Waals surface area contributed by atoms with Crippen LogP contribution in [0.4, 0.5) is 18.9 Å². The first-order chi connectivity index (χ1) is 11.1. The van der Waals surface area contributed by atoms with Gasteiger partial charge in [-0.05, 0) is 44.9 Å². The second kappa shape index (κ2) is 6.47. The molecule has 0 atom stereocenters. The molecule has 3 nitrogen and oxygen atoms in total. The van der Waals surface area contributed by atoms with Crippen LogP contribution >= 0.6 is 0 Å². The van der Waals surface area contributed by atoms with Crippen molar-refractivity contribution >= 4 is 15.7 Å². The molecule has 0 aromatic heterocycles. The first-order valence-electron chi connectivity index (χ1n) is 7.32. The van der Waals surface area contributed by atoms with Gasteiger partial charge < -0.3 is 0 Å². The van der Waals surface area contributed by atoms with Crippen molar-refractivity contribution in [2.45, 2.75) is 38.6 Å². The van der Waals surface area contributed by atoms with Crippen molar-refractivity contribution in [1.82, 2.24) is 0 Å². The van der Waals surface area contributed by atoms with E-state index in [9.17, 15) is 21.6 Å². The average Bonchev–Trinajstić information content (AvgIpc) is 2.46. The summed E-state index contributed by atoms with van der Waals surface area (Å²) < 4.78 is 67.5. The van der Waals surface area contributed by atoms with Crippen LogP contribution in [0, 0.1) is 31.3 Å². The van der Waals surface area contributed by atoms with Gasteiger partial charge in [0.1, 0.15) is 10.7 Å². The fourth-order valence-electron chi connectivity index (χ4n) is 2.45. The van der Waals surface area contributed by atoms with Crippen LogP contribution < -0.4 is 4.31 Å². The lowest BCUT2D eigenvalue weighted by atomic mass is 10.1. The normalized spacial score (nSPS) is 11.8. The van der Waals surface area contributed by atoms with Crippen LogP contribution in [-0.4, -0.2) is 14.5 Å². The van der Waals surface area contributed by atoms with E-state index in [1.54, 1.807) is 39.8 Å². The van der Waals surface area contributed by atoms with Crippen molar-refractivity contribution in [1.29, 1.82) is 0 Å². The maximum Gasteiger partial charge on any atom is 0.267 e. The molecule has 0 bridgehead atoms. The molecule has 24 heavy (non-hydrogen) atoms. The van der Waals surface area contributed by atoms with Gasteiger partial charge >= 0.3 is 0 Å². The maximum absolute atomic E-state index is 14.0. The van der Waals surface area contributed by atoms with E-state index in [-0.39, 0.29) is 6.07 Å². The molecule has 0 aliphatic carbocycles. The monoisotopic (exact) mass is 357 g/mol. The second-order valence-electron chi connectivity index (χ2n) is 5.88. The van der Waals surface area contributed by atoms with E-state index in [0.29, 0.717) is 17.3 Å². The zero-order valence-electron chi connectivity index (χ0n) is 13.8. The first-order valence-corrected chi connectivity index (χ1v) is 8.76. The lowest BCUT2D eigenvalue weighted by Gasteiger charge is -2.30. The highest BCUT2D eigenvalue weighted by Crippen LogP contribution is 2.31. The molecule has 7 heteroatoms. The van der Waals surface area contributed by atoms with Crippen LogP contribution in [0.2, 0.25) is 0 Å². The number of anilines is 1. The van der Waals surface area contributed by atoms with Crippen molar-refractivity contribution in [3.05, 3.63) is 58.9 Å². The highest BCUT2D eigenvalue weighted by Gasteiger charge is 2.32. The number of hydrogen-bond donors (Lipinski definition) is 0. The molecule has 0 spiro atoms. The zero-order chi connectivity index (χ0) is 18.2. The molecule has 0 unspecified atom stereocenters. The van der Waals surface area contributed by atoms with Crippen molar-refractivity contribution in [3.63, 3.8) is 0 Å². The van der Waals surface area contributed by atoms with Crippen LogP contribution in [0.25, 0.3) is 0 Å². The van der Waals surface area contributed by atoms with Crippen LogP contribution in [0.5, 0.6) is 0 Å². The minimum Gasteiger partial charge on any atom is -0.263 e. The number of benzene rings is 2. The average molecular weight is 357 g/mol. The van der Waals surface area contributed by atoms with Crippen LogP contribution in [0.3, 0.4) is 0 Å². The maximum atomic E-state index is 14.0. The van der Waals surface area contributed by atoms with E-state index in [1.165, 1.54) is 0 Å². The number of halogens is 3. The molecule has 0 aliphatic rings. The fraction of sp³-hybridized carbons (Fsp3) is 0.294. The molecule has 0 fully saturated rings. The van der Waals surface area contributed by atoms with Gasteiger partial charge in [0.2, 0.25) is 0 Å². The van der Waals surface area contributed by atoms with E-state index in [0.717, 1.165) is 9.87 Å². The molecular formula is C17H18F3NO2S. The summed E-state index contributed by atoms with van der Waals surface area (Å²) in [5.74, 6) is -4.18. The molecule has 0 aliphatic heterocycles. The SMILES string of the molecule is Cc1ccc(C)c(N(C(C)C)S(=O)(=O)c2cc(F)c(F)cc2F)c1. The fourth-order valence-corrected chi connectivity index (χ4v) is 4.23. The van der Waals surface area contributed by atoms with Gasteiger partial charge in [0.25, 0.3) is 10.0 Å². The molecule has 2 aromatic carbocycles. The standard InChI is InChI=1S/C17H18F3NO2S/c1-10(2)21(16-7-11(3)5-6-12(16)4)24(22,23)17-9-14(19)13(18)8-15(17)20/h5-10H,1-4H3. The van der Waals surface area contributed by atoms with Gasteiger partial charge in [-0.1, -0.05) is 12.1 Å². The zero-order valence-corrected chi connectivity index (χ0v) is 14.6. The number of hydrogen-bond acceptors (Lipinski definition) is 2. The predicted octanol–water partition coefficient (Wildman–Crippen LogP) is 4.32. The van der Waals surface area contributed by atoms with Gasteiger partial charge in [0, 0.05) is 18.2 Å². The van der Waals surface area contributed by atoms with Gasteiger partial charge in [-0.15, -0.1) is 0 Å². The number of aryl methyl sites for hydroxylation is 2. The van der Waals surface area contributed by atoms with E-state index in [4.69, 9.17) is 0 Å². The molecule has 0 saturated carbocycles. The lowest BCUT2D eigenvalue weighted by Crippen LogP contribution is -2.38. The Morgan fingerprint density at radius 3 is 2.08 bits per heavy atom. The Bertz CT molecular complexity index is 880. The molecule has 0 amide bonds.